The number of fused-ring (bicyclic) bond motifs is 1. The molecule has 0 saturated carbocycles. The first-order valence-corrected chi connectivity index (χ1v) is 8.74. The van der Waals surface area contributed by atoms with Crippen molar-refractivity contribution >= 4 is 16.7 Å². The maximum atomic E-state index is 12.2. The van der Waals surface area contributed by atoms with Crippen LogP contribution in [-0.2, 0) is 4.74 Å². The minimum absolute atomic E-state index is 0.313. The molecule has 0 bridgehead atoms. The molecule has 0 saturated heterocycles. The van der Waals surface area contributed by atoms with Crippen LogP contribution in [0.2, 0.25) is 0 Å². The van der Waals surface area contributed by atoms with Gasteiger partial charge in [-0.15, -0.1) is 0 Å². The van der Waals surface area contributed by atoms with E-state index in [-0.39, 0.29) is 5.97 Å². The van der Waals surface area contributed by atoms with Crippen molar-refractivity contribution in [1.82, 2.24) is 0 Å². The minimum atomic E-state index is -0.349. The average Bonchev–Trinajstić information content (AvgIpc) is 2.65. The molecule has 0 N–H and O–H groups in total. The molecular formula is C21H22N2O2. The summed E-state index contributed by atoms with van der Waals surface area (Å²) in [5, 5.41) is 19.8. The second-order valence-corrected chi connectivity index (χ2v) is 6.09. The monoisotopic (exact) mass is 334 g/mol. The molecule has 4 heteroatoms. The summed E-state index contributed by atoms with van der Waals surface area (Å²) < 4.78 is 5.33. The molecule has 2 rings (SSSR count). The molecule has 0 radical (unpaired) electrons. The molecule has 0 amide bonds. The van der Waals surface area contributed by atoms with Gasteiger partial charge >= 0.3 is 5.97 Å². The van der Waals surface area contributed by atoms with Crippen molar-refractivity contribution in [2.45, 2.75) is 45.4 Å². The summed E-state index contributed by atoms with van der Waals surface area (Å²) in [5.74, 6) is -0.349. The molecule has 0 aliphatic carbocycles. The number of ether oxygens (including phenoxy) is 1. The molecule has 4 nitrogen and oxygen atoms in total. The first-order chi connectivity index (χ1) is 12.2. The van der Waals surface area contributed by atoms with Crippen molar-refractivity contribution in [1.29, 1.82) is 10.5 Å². The van der Waals surface area contributed by atoms with E-state index in [2.05, 4.69) is 6.92 Å². The number of carbonyl (C=O) groups is 1. The van der Waals surface area contributed by atoms with Crippen LogP contribution in [0.5, 0.6) is 0 Å². The standard InChI is InChI=1S/C21H22N2O2/c1-2-3-4-5-6-7-10-25-21(24)17-9-8-16-11-19(14-22)20(15-23)13-18(16)12-17/h8-9,11-13H,2-7,10H2,1H3. The topological polar surface area (TPSA) is 73.9 Å². The van der Waals surface area contributed by atoms with E-state index in [9.17, 15) is 4.79 Å². The number of hydrogen-bond acceptors (Lipinski definition) is 4. The van der Waals surface area contributed by atoms with Crippen molar-refractivity contribution in [3.8, 4) is 12.1 Å². The number of rotatable bonds is 8. The van der Waals surface area contributed by atoms with Gasteiger partial charge in [-0.1, -0.05) is 45.1 Å². The maximum Gasteiger partial charge on any atom is 0.338 e. The van der Waals surface area contributed by atoms with Gasteiger partial charge in [-0.05, 0) is 41.5 Å². The second kappa shape index (κ2) is 9.45. The molecule has 2 aromatic carbocycles. The summed E-state index contributed by atoms with van der Waals surface area (Å²) in [4.78, 5) is 12.2. The molecular weight excluding hydrogens is 312 g/mol. The Morgan fingerprint density at radius 2 is 1.56 bits per heavy atom. The van der Waals surface area contributed by atoms with Gasteiger partial charge in [0.15, 0.2) is 0 Å². The van der Waals surface area contributed by atoms with Gasteiger partial charge in [0.05, 0.1) is 23.3 Å². The summed E-state index contributed by atoms with van der Waals surface area (Å²) in [6.45, 7) is 2.62. The number of nitriles is 2. The third-order valence-electron chi connectivity index (χ3n) is 4.18. The van der Waals surface area contributed by atoms with Crippen LogP contribution in [0.1, 0.15) is 66.9 Å². The van der Waals surface area contributed by atoms with Crippen LogP contribution < -0.4 is 0 Å². The Balaban J connectivity index is 1.98. The van der Waals surface area contributed by atoms with Gasteiger partial charge < -0.3 is 4.74 Å². The Labute approximate surface area is 148 Å². The van der Waals surface area contributed by atoms with Crippen LogP contribution in [0.3, 0.4) is 0 Å². The number of unbranched alkanes of at least 4 members (excludes halogenated alkanes) is 5. The van der Waals surface area contributed by atoms with Crippen LogP contribution in [-0.4, -0.2) is 12.6 Å². The average molecular weight is 334 g/mol. The minimum Gasteiger partial charge on any atom is -0.462 e. The molecule has 0 aromatic heterocycles. The van der Waals surface area contributed by atoms with Crippen LogP contribution in [0.25, 0.3) is 10.8 Å². The number of hydrogen-bond donors (Lipinski definition) is 0. The molecule has 0 unspecified atom stereocenters. The predicted molar refractivity (Wildman–Crippen MR) is 97.0 cm³/mol. The summed E-state index contributed by atoms with van der Waals surface area (Å²) in [6.07, 6.45) is 6.86. The lowest BCUT2D eigenvalue weighted by Crippen LogP contribution is -2.06. The Kier molecular flexibility index (Phi) is 6.99. The van der Waals surface area contributed by atoms with Gasteiger partial charge in [0.1, 0.15) is 12.1 Å². The molecule has 0 fully saturated rings. The molecule has 25 heavy (non-hydrogen) atoms. The lowest BCUT2D eigenvalue weighted by atomic mass is 10.0. The first-order valence-electron chi connectivity index (χ1n) is 8.74. The van der Waals surface area contributed by atoms with E-state index in [1.165, 1.54) is 25.7 Å². The second-order valence-electron chi connectivity index (χ2n) is 6.09. The van der Waals surface area contributed by atoms with E-state index in [0.717, 1.165) is 23.6 Å². The van der Waals surface area contributed by atoms with Crippen molar-refractivity contribution in [3.05, 3.63) is 47.0 Å². The third-order valence-corrected chi connectivity index (χ3v) is 4.18. The molecule has 0 spiro atoms. The van der Waals surface area contributed by atoms with E-state index in [4.69, 9.17) is 15.3 Å². The van der Waals surface area contributed by atoms with Gasteiger partial charge in [0, 0.05) is 0 Å². The van der Waals surface area contributed by atoms with Gasteiger partial charge in [-0.2, -0.15) is 10.5 Å². The summed E-state index contributed by atoms with van der Waals surface area (Å²) in [5.41, 5.74) is 1.12. The molecule has 0 atom stereocenters. The fraction of sp³-hybridized carbons (Fsp3) is 0.381. The van der Waals surface area contributed by atoms with Crippen LogP contribution in [0.4, 0.5) is 0 Å². The summed E-state index contributed by atoms with van der Waals surface area (Å²) in [6, 6.07) is 12.5. The molecule has 0 heterocycles. The first kappa shape index (κ1) is 18.5. The lowest BCUT2D eigenvalue weighted by molar-refractivity contribution is 0.0498. The van der Waals surface area contributed by atoms with Crippen LogP contribution in [0.15, 0.2) is 30.3 Å². The van der Waals surface area contributed by atoms with E-state index in [1.807, 2.05) is 12.1 Å². The lowest BCUT2D eigenvalue weighted by Gasteiger charge is -2.07. The van der Waals surface area contributed by atoms with Crippen molar-refractivity contribution in [3.63, 3.8) is 0 Å². The van der Waals surface area contributed by atoms with Crippen molar-refractivity contribution in [2.75, 3.05) is 6.61 Å². The smallest absolute Gasteiger partial charge is 0.338 e. The Bertz CT molecular complexity index is 828. The van der Waals surface area contributed by atoms with E-state index in [1.54, 1.807) is 30.3 Å². The van der Waals surface area contributed by atoms with E-state index < -0.39 is 0 Å². The largest absolute Gasteiger partial charge is 0.462 e. The Morgan fingerprint density at radius 1 is 0.920 bits per heavy atom. The van der Waals surface area contributed by atoms with E-state index >= 15 is 0 Å². The normalized spacial score (nSPS) is 10.2. The molecule has 128 valence electrons. The molecule has 0 aliphatic rings. The number of carbonyl (C=O) groups excluding carboxylic acids is 1. The van der Waals surface area contributed by atoms with Crippen molar-refractivity contribution < 1.29 is 9.53 Å². The maximum absolute atomic E-state index is 12.2. The predicted octanol–water partition coefficient (Wildman–Crippen LogP) is 5.10. The zero-order valence-electron chi connectivity index (χ0n) is 14.5. The third kappa shape index (κ3) is 5.06. The highest BCUT2D eigenvalue weighted by Gasteiger charge is 2.10. The molecule has 0 aliphatic heterocycles. The highest BCUT2D eigenvalue weighted by atomic mass is 16.5. The van der Waals surface area contributed by atoms with Crippen LogP contribution >= 0.6 is 0 Å². The SMILES string of the molecule is CCCCCCCCOC(=O)c1ccc2cc(C#N)c(C#N)cc2c1. The zero-order valence-corrected chi connectivity index (χ0v) is 14.5. The summed E-state index contributed by atoms with van der Waals surface area (Å²) in [7, 11) is 0. The number of benzene rings is 2. The Morgan fingerprint density at radius 3 is 2.24 bits per heavy atom. The fourth-order valence-electron chi connectivity index (χ4n) is 2.74. The van der Waals surface area contributed by atoms with Gasteiger partial charge in [-0.25, -0.2) is 4.79 Å². The number of esters is 1. The Hall–Kier alpha value is -2.85. The van der Waals surface area contributed by atoms with Gasteiger partial charge in [0.25, 0.3) is 0 Å². The highest BCUT2D eigenvalue weighted by Crippen LogP contribution is 2.21. The zero-order chi connectivity index (χ0) is 18.1. The quantitative estimate of drug-likeness (QED) is 0.497. The van der Waals surface area contributed by atoms with E-state index in [0.29, 0.717) is 23.3 Å². The molecule has 2 aromatic rings. The van der Waals surface area contributed by atoms with Gasteiger partial charge in [0.2, 0.25) is 0 Å². The van der Waals surface area contributed by atoms with Crippen LogP contribution in [0, 0.1) is 22.7 Å². The van der Waals surface area contributed by atoms with Gasteiger partial charge in [-0.3, -0.25) is 0 Å². The van der Waals surface area contributed by atoms with Crippen molar-refractivity contribution in [2.24, 2.45) is 0 Å². The fourth-order valence-corrected chi connectivity index (χ4v) is 2.74. The summed E-state index contributed by atoms with van der Waals surface area (Å²) >= 11 is 0. The highest BCUT2D eigenvalue weighted by molar-refractivity contribution is 5.96. The number of nitrogens with zero attached hydrogens (tertiary/aromatic N) is 2.